The molecule has 1 aromatic rings. The summed E-state index contributed by atoms with van der Waals surface area (Å²) in [5.41, 5.74) is 5.75. The molecule has 1 saturated carbocycles. The maximum absolute atomic E-state index is 5.78. The van der Waals surface area contributed by atoms with Gasteiger partial charge in [-0.25, -0.2) is 0 Å². The Morgan fingerprint density at radius 3 is 2.67 bits per heavy atom. The van der Waals surface area contributed by atoms with Gasteiger partial charge >= 0.3 is 12.0 Å². The zero-order valence-corrected chi connectivity index (χ0v) is 11.1. The van der Waals surface area contributed by atoms with Crippen LogP contribution in [0.25, 0.3) is 0 Å². The van der Waals surface area contributed by atoms with Crippen LogP contribution in [-0.4, -0.2) is 34.7 Å². The van der Waals surface area contributed by atoms with Gasteiger partial charge in [-0.05, 0) is 37.4 Å². The largest absolute Gasteiger partial charge is 0.467 e. The first-order valence-electron chi connectivity index (χ1n) is 6.05. The Morgan fingerprint density at radius 2 is 1.94 bits per heavy atom. The van der Waals surface area contributed by atoms with E-state index < -0.39 is 0 Å². The number of hydrogen-bond acceptors (Lipinski definition) is 6. The smallest absolute Gasteiger partial charge is 0.324 e. The molecule has 7 heteroatoms. The lowest BCUT2D eigenvalue weighted by molar-refractivity contribution is 0.0859. The van der Waals surface area contributed by atoms with E-state index in [2.05, 4.69) is 15.0 Å². The highest BCUT2D eigenvalue weighted by Gasteiger charge is 2.26. The summed E-state index contributed by atoms with van der Waals surface area (Å²) in [5, 5.41) is 0.0666. The van der Waals surface area contributed by atoms with Gasteiger partial charge in [0, 0.05) is 5.92 Å². The second kappa shape index (κ2) is 6.15. The number of aromatic nitrogens is 3. The lowest BCUT2D eigenvalue weighted by Gasteiger charge is -2.30. The molecule has 2 unspecified atom stereocenters. The standard InChI is InChI=1S/C11H17ClN4O2/c1-17-10-14-9(12)15-11(16-10)18-8-5-3-2-4-7(8)6-13/h7-8H,2-6,13H2,1H3. The first kappa shape index (κ1) is 13.3. The number of rotatable bonds is 4. The van der Waals surface area contributed by atoms with Crippen LogP contribution >= 0.6 is 11.6 Å². The molecule has 0 aliphatic heterocycles. The molecule has 1 aliphatic carbocycles. The van der Waals surface area contributed by atoms with Crippen LogP contribution in [0.5, 0.6) is 12.0 Å². The molecule has 1 aromatic heterocycles. The van der Waals surface area contributed by atoms with Crippen molar-refractivity contribution in [3.8, 4) is 12.0 Å². The third-order valence-corrected chi connectivity index (χ3v) is 3.32. The van der Waals surface area contributed by atoms with Crippen LogP contribution in [0.4, 0.5) is 0 Å². The highest BCUT2D eigenvalue weighted by atomic mass is 35.5. The van der Waals surface area contributed by atoms with Crippen molar-refractivity contribution in [1.29, 1.82) is 0 Å². The van der Waals surface area contributed by atoms with Gasteiger partial charge in [-0.2, -0.15) is 9.97 Å². The van der Waals surface area contributed by atoms with Gasteiger partial charge in [0.25, 0.3) is 0 Å². The van der Waals surface area contributed by atoms with Crippen molar-refractivity contribution in [2.75, 3.05) is 13.7 Å². The molecule has 0 radical (unpaired) electrons. The minimum absolute atomic E-state index is 0.0481. The Labute approximate surface area is 111 Å². The van der Waals surface area contributed by atoms with Gasteiger partial charge in [0.05, 0.1) is 7.11 Å². The van der Waals surface area contributed by atoms with E-state index in [1.165, 1.54) is 13.5 Å². The molecular weight excluding hydrogens is 256 g/mol. The monoisotopic (exact) mass is 272 g/mol. The van der Waals surface area contributed by atoms with Crippen molar-refractivity contribution in [3.63, 3.8) is 0 Å². The van der Waals surface area contributed by atoms with E-state index in [0.29, 0.717) is 12.5 Å². The lowest BCUT2D eigenvalue weighted by atomic mass is 9.86. The molecule has 1 fully saturated rings. The quantitative estimate of drug-likeness (QED) is 0.893. The highest BCUT2D eigenvalue weighted by molar-refractivity contribution is 6.28. The van der Waals surface area contributed by atoms with E-state index in [4.69, 9.17) is 26.8 Å². The van der Waals surface area contributed by atoms with Crippen molar-refractivity contribution < 1.29 is 9.47 Å². The normalized spacial score (nSPS) is 23.7. The summed E-state index contributed by atoms with van der Waals surface area (Å²) in [6, 6.07) is 0.363. The Kier molecular flexibility index (Phi) is 4.54. The lowest BCUT2D eigenvalue weighted by Crippen LogP contribution is -2.35. The summed E-state index contributed by atoms with van der Waals surface area (Å²) in [7, 11) is 1.47. The Hall–Kier alpha value is -1.14. The molecule has 2 N–H and O–H groups in total. The van der Waals surface area contributed by atoms with Gasteiger partial charge in [-0.15, -0.1) is 4.98 Å². The van der Waals surface area contributed by atoms with Crippen LogP contribution in [0.15, 0.2) is 0 Å². The van der Waals surface area contributed by atoms with E-state index >= 15 is 0 Å². The van der Waals surface area contributed by atoms with Crippen molar-refractivity contribution in [2.45, 2.75) is 31.8 Å². The van der Waals surface area contributed by atoms with E-state index in [9.17, 15) is 0 Å². The predicted molar refractivity (Wildman–Crippen MR) is 66.8 cm³/mol. The average molecular weight is 273 g/mol. The van der Waals surface area contributed by atoms with Crippen LogP contribution in [0.1, 0.15) is 25.7 Å². The second-order valence-corrected chi connectivity index (χ2v) is 4.65. The number of halogens is 1. The summed E-state index contributed by atoms with van der Waals surface area (Å²) < 4.78 is 10.7. The van der Waals surface area contributed by atoms with Gasteiger partial charge in [-0.1, -0.05) is 6.42 Å². The fraction of sp³-hybridized carbons (Fsp3) is 0.727. The minimum atomic E-state index is 0.0481. The molecule has 1 heterocycles. The first-order valence-corrected chi connectivity index (χ1v) is 6.43. The molecule has 1 aliphatic rings. The number of methoxy groups -OCH3 is 1. The summed E-state index contributed by atoms with van der Waals surface area (Å²) in [6.07, 6.45) is 4.43. The Balaban J connectivity index is 2.09. The molecule has 0 spiro atoms. The Bertz CT molecular complexity index is 405. The van der Waals surface area contributed by atoms with Crippen molar-refractivity contribution in [2.24, 2.45) is 11.7 Å². The summed E-state index contributed by atoms with van der Waals surface area (Å²) in [4.78, 5) is 11.8. The number of nitrogens with zero attached hydrogens (tertiary/aromatic N) is 3. The van der Waals surface area contributed by atoms with Gasteiger partial charge in [0.15, 0.2) is 0 Å². The maximum atomic E-state index is 5.78. The van der Waals surface area contributed by atoms with E-state index in [1.807, 2.05) is 0 Å². The van der Waals surface area contributed by atoms with Crippen molar-refractivity contribution in [3.05, 3.63) is 5.28 Å². The second-order valence-electron chi connectivity index (χ2n) is 4.31. The van der Waals surface area contributed by atoms with Crippen LogP contribution in [0, 0.1) is 5.92 Å². The van der Waals surface area contributed by atoms with Crippen molar-refractivity contribution in [1.82, 2.24) is 15.0 Å². The topological polar surface area (TPSA) is 83.2 Å². The summed E-state index contributed by atoms with van der Waals surface area (Å²) >= 11 is 5.77. The van der Waals surface area contributed by atoms with Gasteiger partial charge in [0.2, 0.25) is 5.28 Å². The van der Waals surface area contributed by atoms with Crippen LogP contribution < -0.4 is 15.2 Å². The number of ether oxygens (including phenoxy) is 2. The molecule has 2 rings (SSSR count). The third-order valence-electron chi connectivity index (χ3n) is 3.15. The summed E-state index contributed by atoms with van der Waals surface area (Å²) in [6.45, 7) is 0.612. The fourth-order valence-electron chi connectivity index (χ4n) is 2.19. The minimum Gasteiger partial charge on any atom is -0.467 e. The zero-order chi connectivity index (χ0) is 13.0. The van der Waals surface area contributed by atoms with Crippen LogP contribution in [0.3, 0.4) is 0 Å². The molecule has 6 nitrogen and oxygen atoms in total. The predicted octanol–water partition coefficient (Wildman–Crippen LogP) is 1.43. The van der Waals surface area contributed by atoms with Crippen LogP contribution in [0.2, 0.25) is 5.28 Å². The summed E-state index contributed by atoms with van der Waals surface area (Å²) in [5.74, 6) is 0.347. The molecule has 0 amide bonds. The number of hydrogen-bond donors (Lipinski definition) is 1. The van der Waals surface area contributed by atoms with E-state index in [1.54, 1.807) is 0 Å². The van der Waals surface area contributed by atoms with Crippen molar-refractivity contribution >= 4 is 11.6 Å². The molecular formula is C11H17ClN4O2. The zero-order valence-electron chi connectivity index (χ0n) is 10.3. The van der Waals surface area contributed by atoms with Crippen LogP contribution in [-0.2, 0) is 0 Å². The molecule has 100 valence electrons. The van der Waals surface area contributed by atoms with E-state index in [0.717, 1.165) is 19.3 Å². The fourth-order valence-corrected chi connectivity index (χ4v) is 2.34. The molecule has 0 saturated heterocycles. The molecule has 0 aromatic carbocycles. The molecule has 18 heavy (non-hydrogen) atoms. The number of nitrogens with two attached hydrogens (primary N) is 1. The molecule has 0 bridgehead atoms. The van der Waals surface area contributed by atoms with E-state index in [-0.39, 0.29) is 23.4 Å². The van der Waals surface area contributed by atoms with Gasteiger partial charge in [-0.3, -0.25) is 0 Å². The molecule has 2 atom stereocenters. The average Bonchev–Trinajstić information content (AvgIpc) is 2.38. The SMILES string of the molecule is COc1nc(Cl)nc(OC2CCCCC2CN)n1. The van der Waals surface area contributed by atoms with Gasteiger partial charge < -0.3 is 15.2 Å². The highest BCUT2D eigenvalue weighted by Crippen LogP contribution is 2.27. The van der Waals surface area contributed by atoms with Gasteiger partial charge in [0.1, 0.15) is 6.10 Å². The maximum Gasteiger partial charge on any atom is 0.324 e. The third kappa shape index (κ3) is 3.20. The Morgan fingerprint density at radius 1 is 1.22 bits per heavy atom. The first-order chi connectivity index (χ1) is 8.72.